The van der Waals surface area contributed by atoms with Crippen molar-refractivity contribution in [3.63, 3.8) is 0 Å². The number of rotatable bonds is 5. The molecule has 1 aromatic rings. The van der Waals surface area contributed by atoms with E-state index >= 15 is 0 Å². The van der Waals surface area contributed by atoms with Crippen LogP contribution < -0.4 is 14.2 Å². The van der Waals surface area contributed by atoms with E-state index in [2.05, 4.69) is 0 Å². The molecule has 0 bridgehead atoms. The molecule has 0 spiro atoms. The summed E-state index contributed by atoms with van der Waals surface area (Å²) in [6.07, 6.45) is 0.480. The molecule has 2 aliphatic heterocycles. The zero-order valence-electron chi connectivity index (χ0n) is 15.8. The molecule has 148 valence electrons. The van der Waals surface area contributed by atoms with Crippen LogP contribution in [0.25, 0.3) is 0 Å². The Morgan fingerprint density at radius 1 is 1.04 bits per heavy atom. The molecule has 2 aliphatic rings. The van der Waals surface area contributed by atoms with Gasteiger partial charge in [0.2, 0.25) is 5.75 Å². The van der Waals surface area contributed by atoms with Crippen molar-refractivity contribution in [1.82, 2.24) is 4.90 Å². The molecule has 0 unspecified atom stereocenters. The maximum absolute atomic E-state index is 12.8. The van der Waals surface area contributed by atoms with Crippen molar-refractivity contribution >= 4 is 11.9 Å². The Bertz CT molecular complexity index is 733. The van der Waals surface area contributed by atoms with Gasteiger partial charge in [0, 0.05) is 18.7 Å². The van der Waals surface area contributed by atoms with Crippen molar-refractivity contribution in [2.75, 3.05) is 34.4 Å². The Kier molecular flexibility index (Phi) is 5.74. The van der Waals surface area contributed by atoms with Crippen molar-refractivity contribution < 1.29 is 33.6 Å². The molecular weight excluding hydrogens is 354 g/mol. The van der Waals surface area contributed by atoms with Crippen LogP contribution in [0.2, 0.25) is 0 Å². The smallest absolute Gasteiger partial charge is 0.332 e. The molecule has 0 aromatic heterocycles. The van der Waals surface area contributed by atoms with Gasteiger partial charge in [0.1, 0.15) is 6.10 Å². The molecule has 0 saturated carbocycles. The van der Waals surface area contributed by atoms with Gasteiger partial charge >= 0.3 is 5.97 Å². The van der Waals surface area contributed by atoms with Gasteiger partial charge in [0.15, 0.2) is 17.6 Å². The van der Waals surface area contributed by atoms with Gasteiger partial charge in [-0.1, -0.05) is 0 Å². The number of aliphatic carboxylic acids is 1. The second-order valence-corrected chi connectivity index (χ2v) is 6.64. The van der Waals surface area contributed by atoms with Gasteiger partial charge in [-0.25, -0.2) is 4.79 Å². The number of methoxy groups -OCH3 is 3. The number of benzene rings is 1. The van der Waals surface area contributed by atoms with E-state index in [1.807, 2.05) is 6.07 Å². The zero-order chi connectivity index (χ0) is 19.6. The number of hydrogen-bond donors (Lipinski definition) is 1. The summed E-state index contributed by atoms with van der Waals surface area (Å²) in [5, 5.41) is 9.06. The Hall–Kier alpha value is -2.48. The summed E-state index contributed by atoms with van der Waals surface area (Å²) >= 11 is 0. The van der Waals surface area contributed by atoms with Gasteiger partial charge in [0.05, 0.1) is 21.3 Å². The molecule has 1 aromatic carbocycles. The molecule has 1 amide bonds. The Balaban J connectivity index is 1.78. The highest BCUT2D eigenvalue weighted by Crippen LogP contribution is 2.43. The number of fused-ring (bicyclic) bond motifs is 1. The third-order valence-corrected chi connectivity index (χ3v) is 5.19. The van der Waals surface area contributed by atoms with E-state index in [1.165, 1.54) is 0 Å². The van der Waals surface area contributed by atoms with Crippen LogP contribution >= 0.6 is 0 Å². The fraction of sp³-hybridized carbons (Fsp3) is 0.579. The number of hydrogen-bond acceptors (Lipinski definition) is 6. The first-order valence-electron chi connectivity index (χ1n) is 8.97. The topological polar surface area (TPSA) is 94.5 Å². The van der Waals surface area contributed by atoms with Crippen molar-refractivity contribution in [3.8, 4) is 17.2 Å². The van der Waals surface area contributed by atoms with Crippen LogP contribution in [0.4, 0.5) is 0 Å². The molecule has 27 heavy (non-hydrogen) atoms. The van der Waals surface area contributed by atoms with Crippen LogP contribution in [0.5, 0.6) is 17.2 Å². The number of nitrogens with zero attached hydrogens (tertiary/aromatic N) is 1. The first-order valence-corrected chi connectivity index (χ1v) is 8.97. The van der Waals surface area contributed by atoms with E-state index in [0.29, 0.717) is 56.0 Å². The first-order chi connectivity index (χ1) is 13.0. The standard InChI is InChI=1S/C19H25NO7/c1-24-15-10-11-6-8-20(9-7-12(11)16(25-2)17(15)26-3)18(21)13-4-5-14(27-13)19(22)23/h10,13-14H,4-9H2,1-3H3,(H,22,23)/t13-,14+/m0/s1. The fourth-order valence-electron chi connectivity index (χ4n) is 3.80. The van der Waals surface area contributed by atoms with Crippen LogP contribution in [0, 0.1) is 0 Å². The number of carboxylic acid groups (broad SMARTS) is 1. The van der Waals surface area contributed by atoms with Crippen LogP contribution in [0.3, 0.4) is 0 Å². The predicted octanol–water partition coefficient (Wildman–Crippen LogP) is 1.27. The average molecular weight is 379 g/mol. The molecular formula is C19H25NO7. The van der Waals surface area contributed by atoms with E-state index in [-0.39, 0.29) is 5.91 Å². The average Bonchev–Trinajstić information content (AvgIpc) is 3.08. The van der Waals surface area contributed by atoms with Crippen molar-refractivity contribution in [2.24, 2.45) is 0 Å². The first kappa shape index (κ1) is 19.3. The third kappa shape index (κ3) is 3.66. The zero-order valence-corrected chi connectivity index (χ0v) is 15.8. The van der Waals surface area contributed by atoms with Gasteiger partial charge in [-0.2, -0.15) is 0 Å². The highest BCUT2D eigenvalue weighted by molar-refractivity contribution is 5.83. The minimum atomic E-state index is -1.02. The van der Waals surface area contributed by atoms with Gasteiger partial charge in [-0.3, -0.25) is 4.79 Å². The summed E-state index contributed by atoms with van der Waals surface area (Å²) in [5.74, 6) is 0.601. The van der Waals surface area contributed by atoms with Crippen LogP contribution in [0.1, 0.15) is 24.0 Å². The molecule has 1 N–H and O–H groups in total. The number of carbonyl (C=O) groups excluding carboxylic acids is 1. The Morgan fingerprint density at radius 3 is 2.30 bits per heavy atom. The fourth-order valence-corrected chi connectivity index (χ4v) is 3.80. The molecule has 8 heteroatoms. The molecule has 2 heterocycles. The normalized spacial score (nSPS) is 22.0. The lowest BCUT2D eigenvalue weighted by Crippen LogP contribution is -2.41. The van der Waals surface area contributed by atoms with E-state index < -0.39 is 18.2 Å². The lowest BCUT2D eigenvalue weighted by molar-refractivity contribution is -0.154. The minimum Gasteiger partial charge on any atom is -0.493 e. The summed E-state index contributed by atoms with van der Waals surface area (Å²) in [5.41, 5.74) is 2.05. The van der Waals surface area contributed by atoms with Crippen molar-refractivity contribution in [3.05, 3.63) is 17.2 Å². The predicted molar refractivity (Wildman–Crippen MR) is 95.6 cm³/mol. The summed E-state index contributed by atoms with van der Waals surface area (Å²) in [6.45, 7) is 1.04. The molecule has 0 radical (unpaired) electrons. The number of ether oxygens (including phenoxy) is 4. The molecule has 1 saturated heterocycles. The molecule has 2 atom stereocenters. The molecule has 0 aliphatic carbocycles. The van der Waals surface area contributed by atoms with Gasteiger partial charge in [-0.15, -0.1) is 0 Å². The molecule has 3 rings (SSSR count). The quantitative estimate of drug-likeness (QED) is 0.823. The second-order valence-electron chi connectivity index (χ2n) is 6.64. The summed E-state index contributed by atoms with van der Waals surface area (Å²) < 4.78 is 21.9. The maximum atomic E-state index is 12.8. The summed E-state index contributed by atoms with van der Waals surface area (Å²) in [4.78, 5) is 25.6. The summed E-state index contributed by atoms with van der Waals surface area (Å²) in [6, 6.07) is 1.93. The van der Waals surface area contributed by atoms with E-state index in [0.717, 1.165) is 11.1 Å². The van der Waals surface area contributed by atoms with Crippen LogP contribution in [-0.2, 0) is 27.2 Å². The van der Waals surface area contributed by atoms with Gasteiger partial charge in [0.25, 0.3) is 5.91 Å². The third-order valence-electron chi connectivity index (χ3n) is 5.19. The highest BCUT2D eigenvalue weighted by Gasteiger charge is 2.37. The van der Waals surface area contributed by atoms with Crippen LogP contribution in [-0.4, -0.2) is 68.5 Å². The highest BCUT2D eigenvalue weighted by atomic mass is 16.5. The lowest BCUT2D eigenvalue weighted by Gasteiger charge is -2.23. The van der Waals surface area contributed by atoms with Crippen LogP contribution in [0.15, 0.2) is 6.07 Å². The lowest BCUT2D eigenvalue weighted by atomic mass is 10.0. The minimum absolute atomic E-state index is 0.149. The number of amides is 1. The number of carbonyl (C=O) groups is 2. The monoisotopic (exact) mass is 379 g/mol. The van der Waals surface area contributed by atoms with Crippen molar-refractivity contribution in [2.45, 2.75) is 37.9 Å². The Morgan fingerprint density at radius 2 is 1.70 bits per heavy atom. The largest absolute Gasteiger partial charge is 0.493 e. The van der Waals surface area contributed by atoms with Gasteiger partial charge in [-0.05, 0) is 37.3 Å². The second kappa shape index (κ2) is 8.04. The van der Waals surface area contributed by atoms with E-state index in [9.17, 15) is 9.59 Å². The Labute approximate surface area is 157 Å². The van der Waals surface area contributed by atoms with E-state index in [1.54, 1.807) is 26.2 Å². The molecule has 1 fully saturated rings. The number of carboxylic acids is 1. The molecule has 8 nitrogen and oxygen atoms in total. The maximum Gasteiger partial charge on any atom is 0.332 e. The SMILES string of the molecule is COc1cc2c(c(OC)c1OC)CCN(C(=O)[C@@H]1CC[C@H](C(=O)O)O1)CC2. The summed E-state index contributed by atoms with van der Waals surface area (Å²) in [7, 11) is 4.73. The van der Waals surface area contributed by atoms with E-state index in [4.69, 9.17) is 24.1 Å². The van der Waals surface area contributed by atoms with Crippen molar-refractivity contribution in [1.29, 1.82) is 0 Å². The van der Waals surface area contributed by atoms with Gasteiger partial charge < -0.3 is 29.0 Å².